The predicted molar refractivity (Wildman–Crippen MR) is 172 cm³/mol. The zero-order chi connectivity index (χ0) is 27.1. The second kappa shape index (κ2) is 7.29. The normalized spacial score (nSPS) is 14.9. The van der Waals surface area contributed by atoms with Crippen LogP contribution >= 0.6 is 0 Å². The van der Waals surface area contributed by atoms with Gasteiger partial charge in [-0.2, -0.15) is 0 Å². The third-order valence-corrected chi connectivity index (χ3v) is 9.70. The van der Waals surface area contributed by atoms with Gasteiger partial charge in [0.1, 0.15) is 23.0 Å². The number of para-hydroxylation sites is 2. The average molecular weight is 534 g/mol. The van der Waals surface area contributed by atoms with Gasteiger partial charge in [0, 0.05) is 34.1 Å². The Morgan fingerprint density at radius 2 is 0.738 bits per heavy atom. The van der Waals surface area contributed by atoms with Crippen molar-refractivity contribution in [3.05, 3.63) is 121 Å². The minimum absolute atomic E-state index is 0.0593. The summed E-state index contributed by atoms with van der Waals surface area (Å²) in [6.45, 7) is 0.119. The van der Waals surface area contributed by atoms with Crippen LogP contribution in [-0.4, -0.2) is 13.4 Å². The second-order valence-electron chi connectivity index (χ2n) is 11.6. The van der Waals surface area contributed by atoms with Crippen molar-refractivity contribution in [2.45, 2.75) is 0 Å². The SMILES string of the molecule is c1ccc(N2c3cccc4c3B3c5c(ccc6c5B5c7c(cccc7N(c7ccccc7)c7ccc2c3c75)O6)O4)cc1. The van der Waals surface area contributed by atoms with Crippen molar-refractivity contribution in [2.24, 2.45) is 0 Å². The zero-order valence-corrected chi connectivity index (χ0v) is 22.4. The molecule has 0 unspecified atom stereocenters. The summed E-state index contributed by atoms with van der Waals surface area (Å²) in [6.07, 6.45) is 0. The molecule has 4 nitrogen and oxygen atoms in total. The van der Waals surface area contributed by atoms with Gasteiger partial charge in [0.05, 0.1) is 0 Å². The fraction of sp³-hybridized carbons (Fsp3) is 0. The molecule has 5 aliphatic rings. The molecule has 0 aromatic heterocycles. The largest absolute Gasteiger partial charge is 0.458 e. The summed E-state index contributed by atoms with van der Waals surface area (Å²) in [5.41, 5.74) is 14.8. The third-order valence-electron chi connectivity index (χ3n) is 9.70. The van der Waals surface area contributed by atoms with Crippen LogP contribution in [0.2, 0.25) is 0 Å². The molecule has 0 saturated heterocycles. The van der Waals surface area contributed by atoms with Gasteiger partial charge in [-0.3, -0.25) is 0 Å². The molecule has 0 fully saturated rings. The fourth-order valence-corrected chi connectivity index (χ4v) is 8.27. The smallest absolute Gasteiger partial charge is 0.255 e. The van der Waals surface area contributed by atoms with E-state index in [4.69, 9.17) is 9.47 Å². The number of benzene rings is 6. The first-order valence-electron chi connectivity index (χ1n) is 14.5. The van der Waals surface area contributed by atoms with Crippen molar-refractivity contribution in [1.29, 1.82) is 0 Å². The van der Waals surface area contributed by atoms with E-state index in [-0.39, 0.29) is 13.4 Å². The molecule has 6 aromatic carbocycles. The Labute approximate surface area is 243 Å². The molecular formula is C36H20B2N2O2. The molecule has 11 rings (SSSR count). The van der Waals surface area contributed by atoms with Gasteiger partial charge in [0.2, 0.25) is 0 Å². The Morgan fingerprint density at radius 1 is 0.333 bits per heavy atom. The average Bonchev–Trinajstić information content (AvgIpc) is 3.05. The highest BCUT2D eigenvalue weighted by Crippen LogP contribution is 2.46. The first kappa shape index (κ1) is 21.4. The van der Waals surface area contributed by atoms with Crippen LogP contribution in [0.15, 0.2) is 121 Å². The quantitative estimate of drug-likeness (QED) is 0.298. The zero-order valence-electron chi connectivity index (χ0n) is 22.4. The topological polar surface area (TPSA) is 24.9 Å². The number of rotatable bonds is 2. The summed E-state index contributed by atoms with van der Waals surface area (Å²) in [6, 6.07) is 43.3. The van der Waals surface area contributed by atoms with Crippen molar-refractivity contribution >= 4 is 80.3 Å². The van der Waals surface area contributed by atoms with Crippen molar-refractivity contribution in [3.8, 4) is 23.0 Å². The molecule has 0 saturated carbocycles. The standard InChI is InChI=1S/C36H20B2N2O2/c1-3-9-21(10-4-1)39-23-13-7-15-27-31(23)37-33-25(39)17-18-26-34(33)38-32-24(40(26)22-11-5-2-6-12-22)14-8-16-28(32)42-30-20-19-29(41-27)35(37)36(30)38/h1-20H. The van der Waals surface area contributed by atoms with Crippen LogP contribution in [0, 0.1) is 0 Å². The molecule has 5 aliphatic heterocycles. The molecule has 0 aliphatic carbocycles. The van der Waals surface area contributed by atoms with Gasteiger partial charge in [0.25, 0.3) is 13.4 Å². The maximum atomic E-state index is 6.74. The van der Waals surface area contributed by atoms with Crippen LogP contribution in [0.4, 0.5) is 34.1 Å². The van der Waals surface area contributed by atoms with Crippen LogP contribution in [0.5, 0.6) is 23.0 Å². The van der Waals surface area contributed by atoms with Crippen molar-refractivity contribution in [3.63, 3.8) is 0 Å². The van der Waals surface area contributed by atoms with Crippen LogP contribution < -0.4 is 52.1 Å². The fourth-order valence-electron chi connectivity index (χ4n) is 8.27. The maximum absolute atomic E-state index is 6.74. The van der Waals surface area contributed by atoms with Gasteiger partial charge in [0.15, 0.2) is 0 Å². The van der Waals surface area contributed by atoms with Crippen LogP contribution in [0.25, 0.3) is 0 Å². The second-order valence-corrected chi connectivity index (χ2v) is 11.6. The summed E-state index contributed by atoms with van der Waals surface area (Å²) in [7, 11) is 0. The number of hydrogen-bond acceptors (Lipinski definition) is 4. The summed E-state index contributed by atoms with van der Waals surface area (Å²) < 4.78 is 13.5. The van der Waals surface area contributed by atoms with Gasteiger partial charge < -0.3 is 19.3 Å². The highest BCUT2D eigenvalue weighted by Gasteiger charge is 2.55. The molecule has 0 N–H and O–H groups in total. The lowest BCUT2D eigenvalue weighted by atomic mass is 9.18. The maximum Gasteiger partial charge on any atom is 0.255 e. The van der Waals surface area contributed by atoms with E-state index in [9.17, 15) is 0 Å². The van der Waals surface area contributed by atoms with E-state index in [0.29, 0.717) is 0 Å². The number of nitrogens with zero attached hydrogens (tertiary/aromatic N) is 2. The van der Waals surface area contributed by atoms with E-state index in [2.05, 4.69) is 131 Å². The summed E-state index contributed by atoms with van der Waals surface area (Å²) >= 11 is 0. The van der Waals surface area contributed by atoms with E-state index < -0.39 is 0 Å². The molecule has 0 atom stereocenters. The van der Waals surface area contributed by atoms with E-state index in [1.54, 1.807) is 0 Å². The molecule has 6 heteroatoms. The molecular weight excluding hydrogens is 514 g/mol. The summed E-state index contributed by atoms with van der Waals surface area (Å²) in [5, 5.41) is 0. The first-order chi connectivity index (χ1) is 20.9. The number of hydrogen-bond donors (Lipinski definition) is 0. The highest BCUT2D eigenvalue weighted by molar-refractivity contribution is 7.15. The first-order valence-corrected chi connectivity index (χ1v) is 14.5. The van der Waals surface area contributed by atoms with Gasteiger partial charge >= 0.3 is 0 Å². The number of anilines is 6. The van der Waals surface area contributed by atoms with Crippen molar-refractivity contribution < 1.29 is 9.47 Å². The molecule has 42 heavy (non-hydrogen) atoms. The lowest BCUT2D eigenvalue weighted by Crippen LogP contribution is -2.79. The molecule has 6 aromatic rings. The van der Waals surface area contributed by atoms with E-state index in [1.165, 1.54) is 55.5 Å². The van der Waals surface area contributed by atoms with E-state index in [0.717, 1.165) is 34.4 Å². The van der Waals surface area contributed by atoms with Crippen molar-refractivity contribution in [2.75, 3.05) is 9.80 Å². The molecule has 192 valence electrons. The lowest BCUT2D eigenvalue weighted by Gasteiger charge is -2.49. The van der Waals surface area contributed by atoms with Gasteiger partial charge in [-0.25, -0.2) is 0 Å². The minimum atomic E-state index is 0.0593. The summed E-state index contributed by atoms with van der Waals surface area (Å²) in [5.74, 6) is 3.74. The molecule has 5 heterocycles. The van der Waals surface area contributed by atoms with Crippen LogP contribution in [0.3, 0.4) is 0 Å². The minimum Gasteiger partial charge on any atom is -0.458 e. The predicted octanol–water partition coefficient (Wildman–Crippen LogP) is 4.81. The highest BCUT2D eigenvalue weighted by atomic mass is 16.5. The summed E-state index contributed by atoms with van der Waals surface area (Å²) in [4.78, 5) is 4.86. The Bertz CT molecular complexity index is 2030. The Hall–Kier alpha value is -5.35. The van der Waals surface area contributed by atoms with Gasteiger partial charge in [-0.15, -0.1) is 0 Å². The molecule has 0 spiro atoms. The lowest BCUT2D eigenvalue weighted by molar-refractivity contribution is 0.475. The van der Waals surface area contributed by atoms with E-state index >= 15 is 0 Å². The molecule has 0 radical (unpaired) electrons. The molecule has 0 amide bonds. The van der Waals surface area contributed by atoms with Gasteiger partial charge in [-0.05, 0) is 106 Å². The van der Waals surface area contributed by atoms with Crippen LogP contribution in [0.1, 0.15) is 0 Å². The van der Waals surface area contributed by atoms with E-state index in [1.807, 2.05) is 0 Å². The third kappa shape index (κ3) is 2.37. The Balaban J connectivity index is 1.33. The monoisotopic (exact) mass is 534 g/mol. The Morgan fingerprint density at radius 3 is 1.19 bits per heavy atom. The van der Waals surface area contributed by atoms with Gasteiger partial charge in [-0.1, -0.05) is 48.5 Å². The van der Waals surface area contributed by atoms with Crippen molar-refractivity contribution in [1.82, 2.24) is 0 Å². The van der Waals surface area contributed by atoms with Crippen LogP contribution in [-0.2, 0) is 0 Å². The molecule has 0 bridgehead atoms. The Kier molecular flexibility index (Phi) is 3.71. The number of ether oxygens (including phenoxy) is 2.